The summed E-state index contributed by atoms with van der Waals surface area (Å²) >= 11 is 0. The van der Waals surface area contributed by atoms with Gasteiger partial charge in [0.1, 0.15) is 17.1 Å². The molecule has 0 radical (unpaired) electrons. The van der Waals surface area contributed by atoms with Crippen molar-refractivity contribution in [3.63, 3.8) is 0 Å². The number of nitrogens with one attached hydrogen (secondary N) is 1. The molecule has 2 N–H and O–H groups in total. The number of phenols is 1. The summed E-state index contributed by atoms with van der Waals surface area (Å²) in [4.78, 5) is 11.7. The fourth-order valence-electron chi connectivity index (χ4n) is 7.96. The van der Waals surface area contributed by atoms with E-state index in [1.165, 1.54) is 42.4 Å². The third-order valence-corrected chi connectivity index (χ3v) is 9.25. The van der Waals surface area contributed by atoms with Gasteiger partial charge in [0.2, 0.25) is 0 Å². The lowest BCUT2D eigenvalue weighted by Gasteiger charge is -2.68. The number of amides is 1. The molecule has 2 bridgehead atoms. The molecule has 1 spiro atoms. The number of phenolic OH excluding ortho intramolecular Hbond substituents is 1. The Labute approximate surface area is 220 Å². The highest BCUT2D eigenvalue weighted by molar-refractivity contribution is 5.85. The van der Waals surface area contributed by atoms with Crippen molar-refractivity contribution in [1.82, 2.24) is 5.32 Å². The minimum absolute atomic E-state index is 0.312. The van der Waals surface area contributed by atoms with Crippen LogP contribution >= 0.6 is 0 Å². The summed E-state index contributed by atoms with van der Waals surface area (Å²) in [5, 5.41) is 12.7. The fourth-order valence-corrected chi connectivity index (χ4v) is 7.96. The van der Waals surface area contributed by atoms with E-state index in [0.717, 1.165) is 42.3 Å². The first-order chi connectivity index (χ1) is 17.7. The number of rotatable bonds is 8. The smallest absolute Gasteiger partial charge is 0.407 e. The van der Waals surface area contributed by atoms with Gasteiger partial charge >= 0.3 is 6.09 Å². The first-order valence-corrected chi connectivity index (χ1v) is 14.0. The Hall–Kier alpha value is -2.95. The maximum Gasteiger partial charge on any atom is 0.407 e. The SMILES string of the molecule is CC(C)(C)OC(=O)NCCCCOc1ccc(/C(=C2\C3CC4CC5CC2C53C4)c2ccc(O)cc2)cc1. The lowest BCUT2D eigenvalue weighted by molar-refractivity contribution is -0.115. The summed E-state index contributed by atoms with van der Waals surface area (Å²) in [5.74, 6) is 4.60. The van der Waals surface area contributed by atoms with Crippen LogP contribution in [0.15, 0.2) is 54.1 Å². The second-order valence-electron chi connectivity index (χ2n) is 12.6. The fraction of sp³-hybridized carbons (Fsp3) is 0.531. The van der Waals surface area contributed by atoms with Gasteiger partial charge in [-0.05, 0) is 129 Å². The van der Waals surface area contributed by atoms with E-state index >= 15 is 0 Å². The molecule has 5 unspecified atom stereocenters. The minimum Gasteiger partial charge on any atom is -0.508 e. The van der Waals surface area contributed by atoms with Crippen molar-refractivity contribution in [2.24, 2.45) is 29.1 Å². The van der Waals surface area contributed by atoms with Crippen LogP contribution in [0, 0.1) is 29.1 Å². The summed E-state index contributed by atoms with van der Waals surface area (Å²) in [7, 11) is 0. The molecular formula is C32H39NO4. The van der Waals surface area contributed by atoms with Gasteiger partial charge in [-0.15, -0.1) is 0 Å². The third kappa shape index (κ3) is 4.30. The molecule has 2 aromatic rings. The van der Waals surface area contributed by atoms with Crippen LogP contribution in [-0.4, -0.2) is 30.0 Å². The largest absolute Gasteiger partial charge is 0.508 e. The predicted molar refractivity (Wildman–Crippen MR) is 144 cm³/mol. The van der Waals surface area contributed by atoms with E-state index in [1.807, 2.05) is 32.9 Å². The Morgan fingerprint density at radius 3 is 2.32 bits per heavy atom. The number of allylic oxidation sites excluding steroid dienone is 1. The molecule has 5 atom stereocenters. The Bertz CT molecular complexity index is 1190. The van der Waals surface area contributed by atoms with E-state index in [-0.39, 0.29) is 6.09 Å². The molecule has 37 heavy (non-hydrogen) atoms. The van der Waals surface area contributed by atoms with Crippen LogP contribution in [-0.2, 0) is 4.74 Å². The average Bonchev–Trinajstić information content (AvgIpc) is 3.36. The second-order valence-corrected chi connectivity index (χ2v) is 12.6. The van der Waals surface area contributed by atoms with Crippen LogP contribution < -0.4 is 10.1 Å². The molecule has 4 aliphatic carbocycles. The van der Waals surface area contributed by atoms with E-state index in [4.69, 9.17) is 9.47 Å². The van der Waals surface area contributed by atoms with E-state index in [9.17, 15) is 9.90 Å². The lowest BCUT2D eigenvalue weighted by atomic mass is 9.35. The number of ether oxygens (including phenoxy) is 2. The first kappa shape index (κ1) is 24.4. The third-order valence-electron chi connectivity index (χ3n) is 9.25. The number of carbonyl (C=O) groups excluding carboxylic acids is 1. The van der Waals surface area contributed by atoms with Gasteiger partial charge in [0.15, 0.2) is 0 Å². The monoisotopic (exact) mass is 501 g/mol. The second kappa shape index (κ2) is 9.11. The molecule has 2 aromatic carbocycles. The average molecular weight is 502 g/mol. The molecule has 1 amide bonds. The van der Waals surface area contributed by atoms with Crippen molar-refractivity contribution in [3.05, 3.63) is 65.2 Å². The van der Waals surface area contributed by atoms with Crippen LogP contribution in [0.2, 0.25) is 0 Å². The summed E-state index contributed by atoms with van der Waals surface area (Å²) in [6.45, 7) is 6.77. The van der Waals surface area contributed by atoms with Crippen molar-refractivity contribution in [3.8, 4) is 11.5 Å². The van der Waals surface area contributed by atoms with Gasteiger partial charge in [0, 0.05) is 6.54 Å². The molecule has 5 heteroatoms. The zero-order valence-corrected chi connectivity index (χ0v) is 22.3. The Morgan fingerprint density at radius 1 is 0.973 bits per heavy atom. The van der Waals surface area contributed by atoms with Crippen molar-refractivity contribution in [1.29, 1.82) is 0 Å². The number of benzene rings is 2. The van der Waals surface area contributed by atoms with E-state index in [1.54, 1.807) is 5.57 Å². The number of hydrogen-bond acceptors (Lipinski definition) is 4. The van der Waals surface area contributed by atoms with Crippen molar-refractivity contribution in [2.75, 3.05) is 13.2 Å². The summed E-state index contributed by atoms with van der Waals surface area (Å²) in [6.07, 6.45) is 6.98. The molecule has 0 heterocycles. The Balaban J connectivity index is 1.10. The lowest BCUT2D eigenvalue weighted by Crippen LogP contribution is -2.61. The van der Waals surface area contributed by atoms with Crippen LogP contribution in [0.1, 0.15) is 70.4 Å². The van der Waals surface area contributed by atoms with Crippen molar-refractivity contribution < 1.29 is 19.4 Å². The zero-order chi connectivity index (χ0) is 25.8. The highest BCUT2D eigenvalue weighted by atomic mass is 16.6. The minimum atomic E-state index is -0.478. The number of aromatic hydroxyl groups is 1. The van der Waals surface area contributed by atoms with Gasteiger partial charge in [0.05, 0.1) is 6.61 Å². The summed E-state index contributed by atoms with van der Waals surface area (Å²) < 4.78 is 11.3. The van der Waals surface area contributed by atoms with Crippen LogP contribution in [0.5, 0.6) is 11.5 Å². The van der Waals surface area contributed by atoms with Crippen molar-refractivity contribution >= 4 is 11.7 Å². The highest BCUT2D eigenvalue weighted by Crippen LogP contribution is 2.84. The summed E-state index contributed by atoms with van der Waals surface area (Å²) in [6, 6.07) is 16.3. The maximum atomic E-state index is 11.7. The van der Waals surface area contributed by atoms with Crippen molar-refractivity contribution in [2.45, 2.75) is 64.9 Å². The molecule has 5 nitrogen and oxygen atoms in total. The van der Waals surface area contributed by atoms with Crippen LogP contribution in [0.25, 0.3) is 5.57 Å². The molecule has 196 valence electrons. The number of alkyl carbamates (subject to hydrolysis) is 1. The normalized spacial score (nSPS) is 30.1. The number of carbonyl (C=O) groups is 1. The van der Waals surface area contributed by atoms with Gasteiger partial charge in [0.25, 0.3) is 0 Å². The quantitative estimate of drug-likeness (QED) is 0.384. The van der Waals surface area contributed by atoms with Gasteiger partial charge < -0.3 is 19.9 Å². The Morgan fingerprint density at radius 2 is 1.65 bits per heavy atom. The van der Waals surface area contributed by atoms with E-state index in [2.05, 4.69) is 41.7 Å². The molecule has 4 aliphatic rings. The van der Waals surface area contributed by atoms with Crippen LogP contribution in [0.3, 0.4) is 0 Å². The molecular weight excluding hydrogens is 462 g/mol. The first-order valence-electron chi connectivity index (χ1n) is 14.0. The van der Waals surface area contributed by atoms with E-state index in [0.29, 0.717) is 24.3 Å². The maximum absolute atomic E-state index is 11.7. The molecule has 0 saturated heterocycles. The van der Waals surface area contributed by atoms with E-state index < -0.39 is 5.60 Å². The molecule has 4 fully saturated rings. The number of fused-ring (bicyclic) bond motifs is 1. The van der Waals surface area contributed by atoms with Crippen LogP contribution in [0.4, 0.5) is 4.79 Å². The van der Waals surface area contributed by atoms with Gasteiger partial charge in [-0.2, -0.15) is 0 Å². The molecule has 6 rings (SSSR count). The number of unbranched alkanes of at least 4 members (excludes halogenated alkanes) is 1. The standard InChI is InChI=1S/C32H39NO4/c1-31(2,3)37-30(35)33-14-4-5-15-36-25-12-8-22(9-13-25)28(21-6-10-24(34)11-7-21)29-26-17-20-16-23-18-27(29)32(23,26)19-20/h6-13,20,23,26-27,34H,4-5,14-19H2,1-3H3,(H,33,35)/b29-28+. The van der Waals surface area contributed by atoms with Gasteiger partial charge in [-0.3, -0.25) is 0 Å². The van der Waals surface area contributed by atoms with Gasteiger partial charge in [-0.25, -0.2) is 4.79 Å². The highest BCUT2D eigenvalue weighted by Gasteiger charge is 2.76. The zero-order valence-electron chi connectivity index (χ0n) is 22.3. The molecule has 0 aliphatic heterocycles. The molecule has 4 saturated carbocycles. The van der Waals surface area contributed by atoms with Gasteiger partial charge in [-0.1, -0.05) is 29.8 Å². The Kier molecular flexibility index (Phi) is 6.00. The topological polar surface area (TPSA) is 67.8 Å². The predicted octanol–water partition coefficient (Wildman–Crippen LogP) is 6.94. The summed E-state index contributed by atoms with van der Waals surface area (Å²) in [5.41, 5.74) is 5.66. The number of hydrogen-bond donors (Lipinski definition) is 2. The molecule has 0 aromatic heterocycles.